The quantitative estimate of drug-likeness (QED) is 0.822. The van der Waals surface area contributed by atoms with E-state index in [-0.39, 0.29) is 0 Å². The van der Waals surface area contributed by atoms with E-state index in [1.807, 2.05) is 0 Å². The van der Waals surface area contributed by atoms with Gasteiger partial charge in [0.05, 0.1) is 0 Å². The van der Waals surface area contributed by atoms with Crippen molar-refractivity contribution in [2.24, 2.45) is 5.92 Å². The van der Waals surface area contributed by atoms with Gasteiger partial charge in [0.15, 0.2) is 4.77 Å². The van der Waals surface area contributed by atoms with E-state index in [0.29, 0.717) is 12.0 Å². The van der Waals surface area contributed by atoms with Crippen LogP contribution >= 0.6 is 12.2 Å². The smallest absolute Gasteiger partial charge is 0.195 e. The van der Waals surface area contributed by atoms with Crippen LogP contribution in [0.2, 0.25) is 0 Å². The van der Waals surface area contributed by atoms with Gasteiger partial charge < -0.3 is 4.57 Å². The molecule has 1 aliphatic rings. The maximum atomic E-state index is 5.39. The highest BCUT2D eigenvalue weighted by Crippen LogP contribution is 2.29. The van der Waals surface area contributed by atoms with Crippen molar-refractivity contribution in [2.75, 3.05) is 0 Å². The lowest BCUT2D eigenvalue weighted by Gasteiger charge is -2.24. The predicted molar refractivity (Wildman–Crippen MR) is 72.7 cm³/mol. The molecule has 3 nitrogen and oxygen atoms in total. The van der Waals surface area contributed by atoms with Crippen LogP contribution in [0.25, 0.3) is 0 Å². The molecule has 4 heteroatoms. The number of aromatic nitrogens is 3. The standard InChI is InChI=1S/C13H23N3S/c1-3-10(2)9-12-14-15-13(17)16(12)11-7-5-4-6-8-11/h10-11H,3-9H2,1-2H3,(H,15,17). The highest BCUT2D eigenvalue weighted by atomic mass is 32.1. The van der Waals surface area contributed by atoms with Gasteiger partial charge in [-0.1, -0.05) is 39.5 Å². The molecule has 96 valence electrons. The van der Waals surface area contributed by atoms with Crippen LogP contribution in [0.1, 0.15) is 64.2 Å². The van der Waals surface area contributed by atoms with Crippen LogP contribution in [0.5, 0.6) is 0 Å². The second-order valence-corrected chi connectivity index (χ2v) is 5.71. The summed E-state index contributed by atoms with van der Waals surface area (Å²) in [6.45, 7) is 4.51. The van der Waals surface area contributed by atoms with Crippen molar-refractivity contribution >= 4 is 12.2 Å². The molecular weight excluding hydrogens is 230 g/mol. The van der Waals surface area contributed by atoms with E-state index in [1.54, 1.807) is 0 Å². The van der Waals surface area contributed by atoms with Gasteiger partial charge in [0.2, 0.25) is 0 Å². The first kappa shape index (κ1) is 12.8. The second-order valence-electron chi connectivity index (χ2n) is 5.32. The number of nitrogens with one attached hydrogen (secondary N) is 1. The third-order valence-electron chi connectivity index (χ3n) is 3.95. The predicted octanol–water partition coefficient (Wildman–Crippen LogP) is 4.03. The van der Waals surface area contributed by atoms with E-state index in [4.69, 9.17) is 12.2 Å². The molecule has 17 heavy (non-hydrogen) atoms. The maximum Gasteiger partial charge on any atom is 0.195 e. The summed E-state index contributed by atoms with van der Waals surface area (Å²) in [6.07, 6.45) is 8.82. The summed E-state index contributed by atoms with van der Waals surface area (Å²) in [5.74, 6) is 1.85. The lowest BCUT2D eigenvalue weighted by molar-refractivity contribution is 0.338. The zero-order valence-electron chi connectivity index (χ0n) is 10.9. The number of nitrogens with zero attached hydrogens (tertiary/aromatic N) is 2. The lowest BCUT2D eigenvalue weighted by atomic mass is 9.95. The van der Waals surface area contributed by atoms with Crippen molar-refractivity contribution in [3.05, 3.63) is 10.6 Å². The molecule has 1 unspecified atom stereocenters. The minimum atomic E-state index is 0.592. The summed E-state index contributed by atoms with van der Waals surface area (Å²) in [6, 6.07) is 0.592. The zero-order valence-corrected chi connectivity index (χ0v) is 11.7. The first-order valence-corrected chi connectivity index (χ1v) is 7.29. The van der Waals surface area contributed by atoms with Gasteiger partial charge in [-0.2, -0.15) is 5.10 Å². The molecule has 1 fully saturated rings. The molecule has 0 saturated heterocycles. The minimum absolute atomic E-state index is 0.592. The number of rotatable bonds is 4. The molecule has 0 aromatic carbocycles. The molecule has 0 amide bonds. The highest BCUT2D eigenvalue weighted by Gasteiger charge is 2.20. The molecule has 0 bridgehead atoms. The molecule has 0 spiro atoms. The van der Waals surface area contributed by atoms with Crippen molar-refractivity contribution in [2.45, 2.75) is 64.8 Å². The maximum absolute atomic E-state index is 5.39. The van der Waals surface area contributed by atoms with Gasteiger partial charge >= 0.3 is 0 Å². The molecule has 0 radical (unpaired) electrons. The van der Waals surface area contributed by atoms with Crippen LogP contribution in [0.4, 0.5) is 0 Å². The number of hydrogen-bond acceptors (Lipinski definition) is 2. The van der Waals surface area contributed by atoms with Crippen LogP contribution in [-0.2, 0) is 6.42 Å². The van der Waals surface area contributed by atoms with E-state index >= 15 is 0 Å². The van der Waals surface area contributed by atoms with Crippen LogP contribution in [0.3, 0.4) is 0 Å². The van der Waals surface area contributed by atoms with Crippen molar-refractivity contribution in [1.29, 1.82) is 0 Å². The Bertz CT molecular complexity index is 401. The average molecular weight is 253 g/mol. The molecule has 1 aliphatic carbocycles. The Balaban J connectivity index is 2.19. The fraction of sp³-hybridized carbons (Fsp3) is 0.846. The van der Waals surface area contributed by atoms with E-state index in [2.05, 4.69) is 28.6 Å². The topological polar surface area (TPSA) is 33.6 Å². The Labute approximate surface area is 109 Å². The Morgan fingerprint density at radius 3 is 2.76 bits per heavy atom. The summed E-state index contributed by atoms with van der Waals surface area (Å²) in [4.78, 5) is 0. The summed E-state index contributed by atoms with van der Waals surface area (Å²) in [7, 11) is 0. The number of aromatic amines is 1. The van der Waals surface area contributed by atoms with Crippen LogP contribution in [0.15, 0.2) is 0 Å². The van der Waals surface area contributed by atoms with E-state index < -0.39 is 0 Å². The van der Waals surface area contributed by atoms with Gasteiger partial charge in [0.1, 0.15) is 5.82 Å². The SMILES string of the molecule is CCC(C)Cc1n[nH]c(=S)n1C1CCCCC1. The highest BCUT2D eigenvalue weighted by molar-refractivity contribution is 7.71. The molecular formula is C13H23N3S. The monoisotopic (exact) mass is 253 g/mol. The zero-order chi connectivity index (χ0) is 12.3. The van der Waals surface area contributed by atoms with Gasteiger partial charge in [0.25, 0.3) is 0 Å². The van der Waals surface area contributed by atoms with Crippen molar-refractivity contribution < 1.29 is 0 Å². The fourth-order valence-electron chi connectivity index (χ4n) is 2.65. The van der Waals surface area contributed by atoms with Crippen molar-refractivity contribution in [1.82, 2.24) is 14.8 Å². The van der Waals surface area contributed by atoms with E-state index in [1.165, 1.54) is 38.5 Å². The Morgan fingerprint density at radius 2 is 2.12 bits per heavy atom. The van der Waals surface area contributed by atoms with Gasteiger partial charge in [0, 0.05) is 12.5 Å². The fourth-order valence-corrected chi connectivity index (χ4v) is 2.95. The summed E-state index contributed by atoms with van der Waals surface area (Å²) in [5, 5.41) is 7.40. The molecule has 2 rings (SSSR count). The van der Waals surface area contributed by atoms with Gasteiger partial charge in [-0.15, -0.1) is 0 Å². The molecule has 1 atom stereocenters. The van der Waals surface area contributed by atoms with E-state index in [9.17, 15) is 0 Å². The summed E-state index contributed by atoms with van der Waals surface area (Å²) in [5.41, 5.74) is 0. The Hall–Kier alpha value is -0.640. The average Bonchev–Trinajstić information content (AvgIpc) is 2.71. The van der Waals surface area contributed by atoms with Crippen LogP contribution in [0, 0.1) is 10.7 Å². The molecule has 1 aromatic heterocycles. The molecule has 1 saturated carbocycles. The normalized spacial score (nSPS) is 19.4. The van der Waals surface area contributed by atoms with Crippen LogP contribution in [-0.4, -0.2) is 14.8 Å². The number of hydrogen-bond donors (Lipinski definition) is 1. The third kappa shape index (κ3) is 2.97. The molecule has 0 aliphatic heterocycles. The molecule has 1 aromatic rings. The first-order chi connectivity index (χ1) is 8.22. The lowest BCUT2D eigenvalue weighted by Crippen LogP contribution is -2.17. The van der Waals surface area contributed by atoms with E-state index in [0.717, 1.165) is 17.0 Å². The molecule has 1 N–H and O–H groups in total. The largest absolute Gasteiger partial charge is 0.301 e. The number of H-pyrrole nitrogens is 1. The van der Waals surface area contributed by atoms with Gasteiger partial charge in [-0.25, -0.2) is 0 Å². The first-order valence-electron chi connectivity index (χ1n) is 6.88. The van der Waals surface area contributed by atoms with Crippen molar-refractivity contribution in [3.63, 3.8) is 0 Å². The second kappa shape index (κ2) is 5.80. The Morgan fingerprint density at radius 1 is 1.41 bits per heavy atom. The van der Waals surface area contributed by atoms with Gasteiger partial charge in [-0.3, -0.25) is 5.10 Å². The Kier molecular flexibility index (Phi) is 4.37. The van der Waals surface area contributed by atoms with Gasteiger partial charge in [-0.05, 0) is 31.0 Å². The minimum Gasteiger partial charge on any atom is -0.301 e. The van der Waals surface area contributed by atoms with Crippen molar-refractivity contribution in [3.8, 4) is 0 Å². The summed E-state index contributed by atoms with van der Waals surface area (Å²) < 4.78 is 3.11. The van der Waals surface area contributed by atoms with Crippen LogP contribution < -0.4 is 0 Å². The summed E-state index contributed by atoms with van der Waals surface area (Å²) >= 11 is 5.39. The molecule has 1 heterocycles. The third-order valence-corrected chi connectivity index (χ3v) is 4.23.